The summed E-state index contributed by atoms with van der Waals surface area (Å²) in [4.78, 5) is 2.49. The molecular weight excluding hydrogens is 959 g/mol. The van der Waals surface area contributed by atoms with E-state index < -0.39 is 0 Å². The molecule has 1 aromatic heterocycles. The Labute approximate surface area is 458 Å². The average molecular weight is 1010 g/mol. The molecule has 0 amide bonds. The van der Waals surface area contributed by atoms with E-state index in [2.05, 4.69) is 281 Å². The second-order valence-electron chi connectivity index (χ2n) is 22.7. The molecule has 0 atom stereocenters. The summed E-state index contributed by atoms with van der Waals surface area (Å²) in [7, 11) is 0. The lowest BCUT2D eigenvalue weighted by atomic mass is 9.82. The summed E-state index contributed by atoms with van der Waals surface area (Å²) in [5.74, 6) is 0. The van der Waals surface area contributed by atoms with Gasteiger partial charge in [-0.15, -0.1) is 11.3 Å². The van der Waals surface area contributed by atoms with Crippen LogP contribution >= 0.6 is 11.3 Å². The lowest BCUT2D eigenvalue weighted by Gasteiger charge is -2.30. The number of hydrogen-bond donors (Lipinski definition) is 0. The van der Waals surface area contributed by atoms with Crippen molar-refractivity contribution in [1.82, 2.24) is 0 Å². The standard InChI is InChI=1S/C76H53NS/c1-75(2)66-28-16-14-25-58(66)60-38-35-51(44-68(60)75)77(52-36-39-61-59-26-15-17-29-67(59)76(3,4)69(61)45-52)50-33-30-46(31-34-50)54-40-41-64-57-24-11-10-22-55(57)56-23-12-13-27-63(56)73(64)71(54)49-32-37-62-65-42-48-20-8-9-21-53(48)72(47-18-6-5-7-19-47)74(65)78-70(62)43-49/h5-45H,1-4H3. The normalized spacial score (nSPS) is 13.8. The molecule has 14 aromatic rings. The Morgan fingerprint density at radius 3 is 1.41 bits per heavy atom. The quantitative estimate of drug-likeness (QED) is 0.150. The smallest absolute Gasteiger partial charge is 0.0465 e. The van der Waals surface area contributed by atoms with Gasteiger partial charge in [0.05, 0.1) is 0 Å². The van der Waals surface area contributed by atoms with Crippen molar-refractivity contribution < 1.29 is 0 Å². The van der Waals surface area contributed by atoms with Crippen LogP contribution in [0.25, 0.3) is 119 Å². The monoisotopic (exact) mass is 1010 g/mol. The van der Waals surface area contributed by atoms with Crippen molar-refractivity contribution in [3.63, 3.8) is 0 Å². The minimum atomic E-state index is -0.141. The summed E-state index contributed by atoms with van der Waals surface area (Å²) in [6.07, 6.45) is 0. The SMILES string of the molecule is CC1(C)c2ccccc2-c2ccc(N(c3ccc(-c4ccc5c6ccccc6c6ccccc6c5c4-c4ccc5c(c4)sc4c(-c6ccccc6)c6ccccc6cc45)cc3)c3ccc4c(c3)C(C)(C)c3ccccc3-4)cc21. The van der Waals surface area contributed by atoms with Crippen LogP contribution in [0, 0.1) is 0 Å². The third-order valence-electron chi connectivity index (χ3n) is 17.8. The van der Waals surface area contributed by atoms with E-state index in [-0.39, 0.29) is 10.8 Å². The lowest BCUT2D eigenvalue weighted by Crippen LogP contribution is -2.18. The molecule has 0 aliphatic heterocycles. The first-order chi connectivity index (χ1) is 38.2. The maximum absolute atomic E-state index is 2.49. The van der Waals surface area contributed by atoms with Crippen LogP contribution in [-0.2, 0) is 10.8 Å². The summed E-state index contributed by atoms with van der Waals surface area (Å²) in [6.45, 7) is 9.52. The zero-order valence-electron chi connectivity index (χ0n) is 44.0. The average Bonchev–Trinajstić information content (AvgIpc) is 4.19. The molecule has 78 heavy (non-hydrogen) atoms. The van der Waals surface area contributed by atoms with Crippen LogP contribution in [0.2, 0.25) is 0 Å². The molecule has 368 valence electrons. The van der Waals surface area contributed by atoms with Crippen LogP contribution in [0.4, 0.5) is 17.1 Å². The zero-order chi connectivity index (χ0) is 52.0. The van der Waals surface area contributed by atoms with Gasteiger partial charge >= 0.3 is 0 Å². The molecule has 2 aliphatic carbocycles. The number of thiophene rings is 1. The fourth-order valence-electron chi connectivity index (χ4n) is 14.1. The maximum atomic E-state index is 2.49. The molecule has 0 saturated carbocycles. The molecule has 1 nitrogen and oxygen atoms in total. The Morgan fingerprint density at radius 2 is 0.769 bits per heavy atom. The molecule has 13 aromatic carbocycles. The number of rotatable bonds is 6. The molecule has 0 N–H and O–H groups in total. The summed E-state index contributed by atoms with van der Waals surface area (Å²) in [5, 5.41) is 12.8. The van der Waals surface area contributed by atoms with Crippen molar-refractivity contribution in [3.8, 4) is 55.6 Å². The topological polar surface area (TPSA) is 3.24 Å². The van der Waals surface area contributed by atoms with Crippen molar-refractivity contribution in [1.29, 1.82) is 0 Å². The second kappa shape index (κ2) is 16.7. The summed E-state index contributed by atoms with van der Waals surface area (Å²) in [5.41, 5.74) is 21.4. The molecule has 0 spiro atoms. The Morgan fingerprint density at radius 1 is 0.295 bits per heavy atom. The largest absolute Gasteiger partial charge is 0.310 e. The summed E-state index contributed by atoms with van der Waals surface area (Å²) >= 11 is 1.92. The molecule has 1 heterocycles. The fourth-order valence-corrected chi connectivity index (χ4v) is 15.4. The highest BCUT2D eigenvalue weighted by atomic mass is 32.1. The first-order valence-corrected chi connectivity index (χ1v) is 28.2. The van der Waals surface area contributed by atoms with Crippen molar-refractivity contribution in [2.75, 3.05) is 4.90 Å². The van der Waals surface area contributed by atoms with E-state index in [1.54, 1.807) is 0 Å². The third kappa shape index (κ3) is 6.48. The number of fused-ring (bicyclic) bond motifs is 16. The van der Waals surface area contributed by atoms with Crippen LogP contribution in [0.1, 0.15) is 49.9 Å². The zero-order valence-corrected chi connectivity index (χ0v) is 44.8. The van der Waals surface area contributed by atoms with Gasteiger partial charge in [0.15, 0.2) is 0 Å². The van der Waals surface area contributed by atoms with Crippen molar-refractivity contribution in [3.05, 3.63) is 271 Å². The molecule has 0 radical (unpaired) electrons. The van der Waals surface area contributed by atoms with Crippen LogP contribution in [0.5, 0.6) is 0 Å². The molecule has 0 bridgehead atoms. The van der Waals surface area contributed by atoms with Gasteiger partial charge in [-0.1, -0.05) is 228 Å². The Hall–Kier alpha value is -9.08. The highest BCUT2D eigenvalue weighted by molar-refractivity contribution is 7.26. The minimum Gasteiger partial charge on any atom is -0.310 e. The maximum Gasteiger partial charge on any atom is 0.0465 e. The van der Waals surface area contributed by atoms with Crippen LogP contribution < -0.4 is 4.90 Å². The van der Waals surface area contributed by atoms with Gasteiger partial charge in [-0.05, 0) is 164 Å². The van der Waals surface area contributed by atoms with Crippen LogP contribution in [0.3, 0.4) is 0 Å². The Kier molecular flexibility index (Phi) is 9.67. The number of anilines is 3. The highest BCUT2D eigenvalue weighted by Gasteiger charge is 2.38. The first-order valence-electron chi connectivity index (χ1n) is 27.4. The van der Waals surface area contributed by atoms with E-state index >= 15 is 0 Å². The summed E-state index contributed by atoms with van der Waals surface area (Å²) < 4.78 is 2.62. The fraction of sp³-hybridized carbons (Fsp3) is 0.0789. The van der Waals surface area contributed by atoms with Gasteiger partial charge in [0.25, 0.3) is 0 Å². The molecule has 16 rings (SSSR count). The van der Waals surface area contributed by atoms with Gasteiger partial charge < -0.3 is 4.90 Å². The van der Waals surface area contributed by atoms with Gasteiger partial charge in [-0.3, -0.25) is 0 Å². The van der Waals surface area contributed by atoms with E-state index in [0.717, 1.165) is 17.1 Å². The number of hydrogen-bond acceptors (Lipinski definition) is 2. The van der Waals surface area contributed by atoms with E-state index in [1.807, 2.05) is 11.3 Å². The molecule has 0 saturated heterocycles. The molecule has 2 aliphatic rings. The number of nitrogens with zero attached hydrogens (tertiary/aromatic N) is 1. The second-order valence-corrected chi connectivity index (χ2v) is 23.8. The Bertz CT molecular complexity index is 4700. The minimum absolute atomic E-state index is 0.141. The van der Waals surface area contributed by atoms with Gasteiger partial charge in [-0.2, -0.15) is 0 Å². The van der Waals surface area contributed by atoms with Gasteiger partial charge in [0, 0.05) is 53.6 Å². The van der Waals surface area contributed by atoms with E-state index in [1.165, 1.54) is 141 Å². The van der Waals surface area contributed by atoms with Gasteiger partial charge in [0.2, 0.25) is 0 Å². The lowest BCUT2D eigenvalue weighted by molar-refractivity contribution is 0.660. The van der Waals surface area contributed by atoms with Crippen LogP contribution in [0.15, 0.2) is 249 Å². The summed E-state index contributed by atoms with van der Waals surface area (Å²) in [6, 6.07) is 94.0. The van der Waals surface area contributed by atoms with Crippen molar-refractivity contribution in [2.24, 2.45) is 0 Å². The van der Waals surface area contributed by atoms with Crippen molar-refractivity contribution in [2.45, 2.75) is 38.5 Å². The van der Waals surface area contributed by atoms with Crippen LogP contribution in [-0.4, -0.2) is 0 Å². The molecule has 0 fully saturated rings. The highest BCUT2D eigenvalue weighted by Crippen LogP contribution is 2.54. The molecule has 0 unspecified atom stereocenters. The van der Waals surface area contributed by atoms with Gasteiger partial charge in [-0.25, -0.2) is 0 Å². The predicted molar refractivity (Wildman–Crippen MR) is 335 cm³/mol. The van der Waals surface area contributed by atoms with E-state index in [4.69, 9.17) is 0 Å². The van der Waals surface area contributed by atoms with Gasteiger partial charge in [0.1, 0.15) is 0 Å². The predicted octanol–water partition coefficient (Wildman–Crippen LogP) is 21.8. The van der Waals surface area contributed by atoms with E-state index in [0.29, 0.717) is 0 Å². The first kappa shape index (κ1) is 45.1. The van der Waals surface area contributed by atoms with Crippen molar-refractivity contribution >= 4 is 91.7 Å². The third-order valence-corrected chi connectivity index (χ3v) is 19.0. The Balaban J connectivity index is 0.908. The number of benzene rings is 13. The molecular formula is C76H53NS. The molecule has 2 heteroatoms. The van der Waals surface area contributed by atoms with E-state index in [9.17, 15) is 0 Å².